The van der Waals surface area contributed by atoms with E-state index < -0.39 is 5.41 Å². The van der Waals surface area contributed by atoms with Gasteiger partial charge in [-0.15, -0.1) is 0 Å². The second kappa shape index (κ2) is 12.3. The number of aryl methyl sites for hydroxylation is 1. The van der Waals surface area contributed by atoms with Crippen LogP contribution >= 0.6 is 0 Å². The van der Waals surface area contributed by atoms with Crippen LogP contribution in [-0.2, 0) is 23.3 Å². The molecule has 1 aromatic heterocycles. The number of carbonyl (C=O) groups is 1. The van der Waals surface area contributed by atoms with Crippen LogP contribution in [0.2, 0.25) is 0 Å². The average molecular weight is 531 g/mol. The molecule has 0 aliphatic heterocycles. The molecule has 0 aliphatic carbocycles. The normalized spacial score (nSPS) is 11.3. The molecule has 1 heterocycles. The highest BCUT2D eigenvalue weighted by Gasteiger charge is 2.40. The van der Waals surface area contributed by atoms with Crippen molar-refractivity contribution in [2.75, 3.05) is 0 Å². The van der Waals surface area contributed by atoms with Crippen LogP contribution in [0.4, 0.5) is 0 Å². The number of halogens is 1. The summed E-state index contributed by atoms with van der Waals surface area (Å²) in [5.74, 6) is 0.872. The van der Waals surface area contributed by atoms with E-state index in [9.17, 15) is 4.79 Å². The van der Waals surface area contributed by atoms with Gasteiger partial charge < -0.3 is 22.7 Å². The van der Waals surface area contributed by atoms with Crippen molar-refractivity contribution >= 4 is 12.0 Å². The molecule has 0 spiro atoms. The van der Waals surface area contributed by atoms with E-state index in [2.05, 4.69) is 52.7 Å². The highest BCUT2D eigenvalue weighted by Crippen LogP contribution is 2.37. The fourth-order valence-electron chi connectivity index (χ4n) is 4.66. The lowest BCUT2D eigenvalue weighted by Gasteiger charge is -2.32. The molecule has 180 valence electrons. The number of hydrogen-bond acceptors (Lipinski definition) is 1. The number of aromatic nitrogens is 2. The topological polar surface area (TPSA) is 51.9 Å². The summed E-state index contributed by atoms with van der Waals surface area (Å²) < 4.78 is 4.48. The van der Waals surface area contributed by atoms with Gasteiger partial charge in [0.1, 0.15) is 18.9 Å². The Kier molecular flexibility index (Phi) is 9.21. The first-order chi connectivity index (χ1) is 16.6. The maximum absolute atomic E-state index is 13.0. The Hall–Kier alpha value is -3.44. The lowest BCUT2D eigenvalue weighted by atomic mass is 9.70. The predicted octanol–water partition coefficient (Wildman–Crippen LogP) is 2.05. The van der Waals surface area contributed by atoms with Crippen LogP contribution < -0.4 is 27.3 Å². The van der Waals surface area contributed by atoms with Crippen molar-refractivity contribution in [3.63, 3.8) is 0 Å². The van der Waals surface area contributed by atoms with Crippen molar-refractivity contribution in [2.24, 2.45) is 5.73 Å². The maximum atomic E-state index is 13.0. The largest absolute Gasteiger partial charge is 1.00 e. The molecule has 0 radical (unpaired) electrons. The number of imidazole rings is 1. The van der Waals surface area contributed by atoms with Gasteiger partial charge in [0.05, 0.1) is 12.0 Å². The highest BCUT2D eigenvalue weighted by molar-refractivity contribution is 5.90. The van der Waals surface area contributed by atoms with Crippen molar-refractivity contribution in [3.8, 4) is 0 Å². The van der Waals surface area contributed by atoms with Gasteiger partial charge in [-0.2, -0.15) is 0 Å². The van der Waals surface area contributed by atoms with Crippen molar-refractivity contribution < 1.29 is 26.3 Å². The fraction of sp³-hybridized carbons (Fsp3) is 0.200. The van der Waals surface area contributed by atoms with Crippen LogP contribution in [0, 0.1) is 6.92 Å². The number of nitrogens with zero attached hydrogens (tertiary/aromatic N) is 2. The Balaban J connectivity index is 0.00000342. The average Bonchev–Trinajstić information content (AvgIpc) is 3.22. The van der Waals surface area contributed by atoms with Crippen LogP contribution in [0.5, 0.6) is 0 Å². The number of allylic oxidation sites excluding steroid dienone is 1. The summed E-state index contributed by atoms with van der Waals surface area (Å²) in [5.41, 5.74) is 8.33. The number of hydrogen-bond donors (Lipinski definition) is 1. The first kappa shape index (κ1) is 26.2. The Labute approximate surface area is 218 Å². The Morgan fingerprint density at radius 3 is 2.00 bits per heavy atom. The number of carbonyl (C=O) groups excluding carboxylic acids is 1. The van der Waals surface area contributed by atoms with Gasteiger partial charge in [-0.1, -0.05) is 97.1 Å². The summed E-state index contributed by atoms with van der Waals surface area (Å²) in [7, 11) is 0. The molecule has 0 fully saturated rings. The van der Waals surface area contributed by atoms with Gasteiger partial charge in [0.15, 0.2) is 0 Å². The third-order valence-corrected chi connectivity index (χ3v) is 6.57. The van der Waals surface area contributed by atoms with E-state index in [4.69, 9.17) is 5.73 Å². The van der Waals surface area contributed by atoms with Crippen LogP contribution in [0.1, 0.15) is 35.4 Å². The van der Waals surface area contributed by atoms with E-state index in [1.54, 1.807) is 0 Å². The lowest BCUT2D eigenvalue weighted by Crippen LogP contribution is -3.00. The molecule has 35 heavy (non-hydrogen) atoms. The minimum absolute atomic E-state index is 0. The summed E-state index contributed by atoms with van der Waals surface area (Å²) in [5, 5.41) is 0. The van der Waals surface area contributed by atoms with E-state index >= 15 is 0 Å². The number of amides is 1. The molecule has 4 aromatic rings. The molecule has 0 saturated heterocycles. The van der Waals surface area contributed by atoms with Gasteiger partial charge in [0.25, 0.3) is 5.82 Å². The van der Waals surface area contributed by atoms with E-state index in [1.807, 2.05) is 78.9 Å². The van der Waals surface area contributed by atoms with Crippen LogP contribution in [0.25, 0.3) is 6.08 Å². The zero-order valence-corrected chi connectivity index (χ0v) is 21.6. The van der Waals surface area contributed by atoms with Gasteiger partial charge in [-0.05, 0) is 35.6 Å². The molecule has 0 aliphatic rings. The predicted molar refractivity (Wildman–Crippen MR) is 137 cm³/mol. The highest BCUT2D eigenvalue weighted by atomic mass is 79.9. The summed E-state index contributed by atoms with van der Waals surface area (Å²) in [6, 6.07) is 30.2. The molecule has 5 heteroatoms. The summed E-state index contributed by atoms with van der Waals surface area (Å²) in [6.07, 6.45) is 10.0. The van der Waals surface area contributed by atoms with Crippen molar-refractivity contribution in [2.45, 2.75) is 38.3 Å². The van der Waals surface area contributed by atoms with Gasteiger partial charge in [0.2, 0.25) is 5.91 Å². The Morgan fingerprint density at radius 2 is 1.46 bits per heavy atom. The van der Waals surface area contributed by atoms with E-state index in [-0.39, 0.29) is 22.9 Å². The summed E-state index contributed by atoms with van der Waals surface area (Å²) in [4.78, 5) is 13.0. The monoisotopic (exact) mass is 529 g/mol. The smallest absolute Gasteiger partial charge is 0.253 e. The maximum Gasteiger partial charge on any atom is 0.253 e. The second-order valence-corrected chi connectivity index (χ2v) is 8.61. The number of primary amides is 1. The molecular weight excluding hydrogens is 498 g/mol. The quantitative estimate of drug-likeness (QED) is 0.314. The fourth-order valence-corrected chi connectivity index (χ4v) is 4.66. The number of nitrogens with two attached hydrogens (primary N) is 1. The molecule has 0 bridgehead atoms. The number of rotatable bonds is 10. The van der Waals surface area contributed by atoms with E-state index in [0.29, 0.717) is 6.42 Å². The zero-order valence-electron chi connectivity index (χ0n) is 20.1. The summed E-state index contributed by atoms with van der Waals surface area (Å²) in [6.45, 7) is 3.76. The zero-order chi connectivity index (χ0) is 23.8. The van der Waals surface area contributed by atoms with Gasteiger partial charge in [0, 0.05) is 6.92 Å². The molecule has 0 unspecified atom stereocenters. The number of benzene rings is 3. The van der Waals surface area contributed by atoms with Gasteiger partial charge >= 0.3 is 0 Å². The first-order valence-corrected chi connectivity index (χ1v) is 11.8. The molecule has 4 nitrogen and oxygen atoms in total. The SMILES string of the molecule is Cc1n(CCCC(C(N)=O)(c2ccccc2)c2ccccc2)cc[n+]1C/C=C/c1ccccc1.[Br-]. The molecule has 0 saturated carbocycles. The van der Waals surface area contributed by atoms with Crippen molar-refractivity contribution in [1.29, 1.82) is 0 Å². The first-order valence-electron chi connectivity index (χ1n) is 11.8. The van der Waals surface area contributed by atoms with E-state index in [0.717, 1.165) is 30.6 Å². The van der Waals surface area contributed by atoms with E-state index in [1.165, 1.54) is 11.4 Å². The van der Waals surface area contributed by atoms with Gasteiger partial charge in [-0.3, -0.25) is 4.79 Å². The molecule has 1 amide bonds. The van der Waals surface area contributed by atoms with Gasteiger partial charge in [-0.25, -0.2) is 9.13 Å². The van der Waals surface area contributed by atoms with Crippen LogP contribution in [0.3, 0.4) is 0 Å². The molecule has 4 rings (SSSR count). The Bertz CT molecular complexity index is 1200. The minimum Gasteiger partial charge on any atom is -1.00 e. The minimum atomic E-state index is -0.849. The molecule has 0 atom stereocenters. The van der Waals surface area contributed by atoms with Crippen LogP contribution in [0.15, 0.2) is 109 Å². The van der Waals surface area contributed by atoms with Crippen LogP contribution in [-0.4, -0.2) is 10.5 Å². The third-order valence-electron chi connectivity index (χ3n) is 6.57. The van der Waals surface area contributed by atoms with Crippen molar-refractivity contribution in [3.05, 3.63) is 132 Å². The second-order valence-electron chi connectivity index (χ2n) is 8.61. The standard InChI is InChI=1S/C30H31N3O.BrH/c1-25-32(21-11-15-26-13-5-2-6-14-26)23-24-33(25)22-12-20-30(29(31)34,27-16-7-3-8-17-27)28-18-9-4-10-19-28;/h2-11,13-19,23-24H,12,20-22H2,1H3,(H-,31,34);1H/b15-11+;. The molecule has 2 N–H and O–H groups in total. The molecular formula is C30H32BrN3O. The summed E-state index contributed by atoms with van der Waals surface area (Å²) >= 11 is 0. The van der Waals surface area contributed by atoms with Crippen molar-refractivity contribution in [1.82, 2.24) is 4.57 Å². The molecule has 3 aromatic carbocycles. The Morgan fingerprint density at radius 1 is 0.914 bits per heavy atom. The third kappa shape index (κ3) is 5.98. The lowest BCUT2D eigenvalue weighted by molar-refractivity contribution is -0.692.